The number of hydrogen-bond donors (Lipinski definition) is 1. The van der Waals surface area contributed by atoms with Crippen molar-refractivity contribution in [2.45, 2.75) is 115 Å². The summed E-state index contributed by atoms with van der Waals surface area (Å²) in [6.45, 7) is 9.48. The molecule has 1 aliphatic carbocycles. The van der Waals surface area contributed by atoms with Crippen LogP contribution in [-0.2, 0) is 28.6 Å². The Morgan fingerprint density at radius 3 is 2.90 bits per heavy atom. The van der Waals surface area contributed by atoms with E-state index in [1.165, 1.54) is 11.1 Å². The number of rotatable bonds is 11. The highest BCUT2D eigenvalue weighted by Gasteiger charge is 2.48. The zero-order valence-electron chi connectivity index (χ0n) is 25.9. The van der Waals surface area contributed by atoms with Gasteiger partial charge in [-0.15, -0.1) is 0 Å². The Balaban J connectivity index is 1.33. The maximum absolute atomic E-state index is 11.3. The second kappa shape index (κ2) is 15.3. The molecule has 0 radical (unpaired) electrons. The molecular weight excluding hydrogens is 534 g/mol. The van der Waals surface area contributed by atoms with Gasteiger partial charge in [-0.05, 0) is 56.6 Å². The fourth-order valence-electron chi connectivity index (χ4n) is 6.39. The molecule has 3 heterocycles. The average molecular weight is 584 g/mol. The normalized spacial score (nSPS) is 35.9. The minimum Gasteiger partial charge on any atom is -0.464 e. The molecule has 232 valence electrons. The molecule has 7 atom stereocenters. The molecule has 0 saturated carbocycles. The number of ether oxygens (including phenoxy) is 4. The van der Waals surface area contributed by atoms with E-state index in [-0.39, 0.29) is 30.3 Å². The van der Waals surface area contributed by atoms with Crippen molar-refractivity contribution in [2.24, 2.45) is 17.0 Å². The molecule has 3 saturated heterocycles. The summed E-state index contributed by atoms with van der Waals surface area (Å²) in [5.74, 6) is -0.244. The third-order valence-electron chi connectivity index (χ3n) is 8.57. The van der Waals surface area contributed by atoms with E-state index in [1.807, 2.05) is 6.92 Å². The molecule has 3 aliphatic heterocycles. The molecule has 4 unspecified atom stereocenters. The summed E-state index contributed by atoms with van der Waals surface area (Å²) < 4.78 is 24.5. The van der Waals surface area contributed by atoms with Crippen LogP contribution in [0, 0.1) is 11.8 Å². The lowest BCUT2D eigenvalue weighted by Gasteiger charge is -2.47. The lowest BCUT2D eigenvalue weighted by molar-refractivity contribution is -0.306. The van der Waals surface area contributed by atoms with Crippen molar-refractivity contribution in [3.63, 3.8) is 0 Å². The third kappa shape index (κ3) is 8.75. The summed E-state index contributed by atoms with van der Waals surface area (Å²) in [5, 5.41) is 14.6. The Labute approximate surface area is 251 Å². The van der Waals surface area contributed by atoms with Crippen LogP contribution in [-0.4, -0.2) is 67.3 Å². The Morgan fingerprint density at radius 2 is 2.14 bits per heavy atom. The minimum absolute atomic E-state index is 0.113. The fourth-order valence-corrected chi connectivity index (χ4v) is 6.39. The highest BCUT2D eigenvalue weighted by atomic mass is 16.7. The summed E-state index contributed by atoms with van der Waals surface area (Å²) in [7, 11) is 1.55. The van der Waals surface area contributed by atoms with Gasteiger partial charge in [0.2, 0.25) is 0 Å². The molecule has 1 spiro atoms. The van der Waals surface area contributed by atoms with Crippen LogP contribution in [0.25, 0.3) is 0 Å². The molecule has 42 heavy (non-hydrogen) atoms. The molecule has 4 aliphatic rings. The summed E-state index contributed by atoms with van der Waals surface area (Å²) in [4.78, 5) is 16.4. The van der Waals surface area contributed by atoms with Gasteiger partial charge in [-0.2, -0.15) is 0 Å². The summed E-state index contributed by atoms with van der Waals surface area (Å²) in [6.07, 6.45) is 19.5. The van der Waals surface area contributed by atoms with Gasteiger partial charge in [-0.3, -0.25) is 4.79 Å². The van der Waals surface area contributed by atoms with Crippen LogP contribution in [0.15, 0.2) is 64.4 Å². The Bertz CT molecular complexity index is 1100. The van der Waals surface area contributed by atoms with Gasteiger partial charge in [-0.25, -0.2) is 0 Å². The lowest BCUT2D eigenvalue weighted by Crippen LogP contribution is -2.54. The van der Waals surface area contributed by atoms with Gasteiger partial charge in [-0.1, -0.05) is 67.1 Å². The zero-order valence-corrected chi connectivity index (χ0v) is 25.9. The first-order valence-electron chi connectivity index (χ1n) is 15.4. The lowest BCUT2D eigenvalue weighted by atomic mass is 9.82. The first-order valence-corrected chi connectivity index (χ1v) is 15.4. The van der Waals surface area contributed by atoms with Gasteiger partial charge < -0.3 is 28.9 Å². The van der Waals surface area contributed by atoms with Gasteiger partial charge >= 0.3 is 0 Å². The molecule has 0 aromatic carbocycles. The number of carbonyl (C=O) groups is 1. The number of carbonyl (C=O) groups excluding carboxylic acids is 1. The summed E-state index contributed by atoms with van der Waals surface area (Å²) in [5.41, 5.74) is 4.43. The van der Waals surface area contributed by atoms with Crippen LogP contribution >= 0.6 is 0 Å². The van der Waals surface area contributed by atoms with E-state index in [0.717, 1.165) is 30.5 Å². The number of aliphatic hydroxyl groups is 1. The first kappa shape index (κ1) is 32.4. The van der Waals surface area contributed by atoms with E-state index in [1.54, 1.807) is 7.11 Å². The van der Waals surface area contributed by atoms with Gasteiger partial charge in [0, 0.05) is 31.6 Å². The van der Waals surface area contributed by atoms with Gasteiger partial charge in [0.1, 0.15) is 19.3 Å². The van der Waals surface area contributed by atoms with Crippen molar-refractivity contribution in [3.05, 3.63) is 59.3 Å². The quantitative estimate of drug-likeness (QED) is 0.178. The van der Waals surface area contributed by atoms with Crippen molar-refractivity contribution in [1.82, 2.24) is 0 Å². The SMILES string of the molecule is CO/N=C1/CC(/C=C/C(C)C)O[C@]2(C1)C[C@@H](OC=O)CC(C/C=C(\C)CC/C=C/C=C1\COC3C1CC=C(C)[C@H]3O)O2. The van der Waals surface area contributed by atoms with E-state index in [4.69, 9.17) is 23.8 Å². The molecule has 0 aromatic rings. The van der Waals surface area contributed by atoms with Crippen molar-refractivity contribution in [1.29, 1.82) is 0 Å². The zero-order chi connectivity index (χ0) is 30.1. The van der Waals surface area contributed by atoms with Crippen LogP contribution in [0.2, 0.25) is 0 Å². The van der Waals surface area contributed by atoms with Crippen LogP contribution < -0.4 is 0 Å². The second-order valence-corrected chi connectivity index (χ2v) is 12.5. The van der Waals surface area contributed by atoms with Crippen LogP contribution in [0.5, 0.6) is 0 Å². The molecule has 0 bridgehead atoms. The van der Waals surface area contributed by atoms with E-state index >= 15 is 0 Å². The highest BCUT2D eigenvalue weighted by molar-refractivity contribution is 5.86. The van der Waals surface area contributed by atoms with Crippen molar-refractivity contribution >= 4 is 12.2 Å². The number of oxime groups is 1. The molecule has 8 heteroatoms. The largest absolute Gasteiger partial charge is 0.464 e. The number of allylic oxidation sites excluding steroid dienone is 6. The molecule has 4 rings (SSSR count). The summed E-state index contributed by atoms with van der Waals surface area (Å²) in [6, 6.07) is 0. The minimum atomic E-state index is -0.915. The smallest absolute Gasteiger partial charge is 0.293 e. The van der Waals surface area contributed by atoms with Crippen LogP contribution in [0.1, 0.15) is 79.1 Å². The van der Waals surface area contributed by atoms with Gasteiger partial charge in [0.15, 0.2) is 5.79 Å². The highest BCUT2D eigenvalue weighted by Crippen LogP contribution is 2.41. The van der Waals surface area contributed by atoms with Crippen LogP contribution in [0.4, 0.5) is 0 Å². The average Bonchev–Trinajstić information content (AvgIpc) is 3.36. The number of fused-ring (bicyclic) bond motifs is 1. The standard InChI is InChI=1S/C34H49NO7/c1-23(2)11-14-28-17-27(35-38-5)19-34(41-28)20-30(40-22-36)18-29(42-34)15-12-24(3)9-7-6-8-10-26-21-39-33-31(26)16-13-25(4)32(33)37/h6,8,10-14,22-23,28-33,37H,7,9,15-21H2,1-5H3/b8-6+,14-11+,24-12+,26-10+,35-27-/t28?,29?,30-,31?,32+,33?,34-/m0/s1. The van der Waals surface area contributed by atoms with Crippen molar-refractivity contribution in [3.8, 4) is 0 Å². The third-order valence-corrected chi connectivity index (χ3v) is 8.57. The molecule has 0 aromatic heterocycles. The molecule has 0 amide bonds. The monoisotopic (exact) mass is 583 g/mol. The predicted molar refractivity (Wildman–Crippen MR) is 163 cm³/mol. The first-order chi connectivity index (χ1) is 20.2. The molecule has 8 nitrogen and oxygen atoms in total. The molecular formula is C34H49NO7. The van der Waals surface area contributed by atoms with Crippen molar-refractivity contribution in [2.75, 3.05) is 13.7 Å². The van der Waals surface area contributed by atoms with E-state index in [0.29, 0.717) is 51.1 Å². The second-order valence-electron chi connectivity index (χ2n) is 12.5. The van der Waals surface area contributed by atoms with Gasteiger partial charge in [0.05, 0.1) is 30.6 Å². The predicted octanol–water partition coefficient (Wildman–Crippen LogP) is 6.12. The summed E-state index contributed by atoms with van der Waals surface area (Å²) >= 11 is 0. The van der Waals surface area contributed by atoms with E-state index in [9.17, 15) is 9.90 Å². The Morgan fingerprint density at radius 1 is 1.31 bits per heavy atom. The maximum Gasteiger partial charge on any atom is 0.293 e. The number of aliphatic hydroxyl groups excluding tert-OH is 1. The van der Waals surface area contributed by atoms with Gasteiger partial charge in [0.25, 0.3) is 6.47 Å². The fraction of sp³-hybridized carbons (Fsp3) is 0.647. The molecule has 3 fully saturated rings. The number of nitrogens with zero attached hydrogens (tertiary/aromatic N) is 1. The van der Waals surface area contributed by atoms with E-state index in [2.05, 4.69) is 68.5 Å². The van der Waals surface area contributed by atoms with Crippen molar-refractivity contribution < 1.29 is 33.7 Å². The van der Waals surface area contributed by atoms with Crippen LogP contribution in [0.3, 0.4) is 0 Å². The number of hydrogen-bond acceptors (Lipinski definition) is 8. The van der Waals surface area contributed by atoms with E-state index < -0.39 is 11.9 Å². The topological polar surface area (TPSA) is 95.8 Å². The molecule has 1 N–H and O–H groups in total. The maximum atomic E-state index is 11.3. The Hall–Kier alpha value is -2.52. The Kier molecular flexibility index (Phi) is 11.8.